The van der Waals surface area contributed by atoms with E-state index in [4.69, 9.17) is 9.15 Å². The molecule has 10 rings (SSSR count). The minimum Gasteiger partial charge on any atom is -0.482 e. The topological polar surface area (TPSA) is 25.6 Å². The summed E-state index contributed by atoms with van der Waals surface area (Å²) >= 11 is 0. The maximum absolute atomic E-state index is 7.06. The van der Waals surface area contributed by atoms with Crippen molar-refractivity contribution in [3.05, 3.63) is 174 Å². The Kier molecular flexibility index (Phi) is 5.91. The van der Waals surface area contributed by atoms with Crippen molar-refractivity contribution < 1.29 is 9.15 Å². The second-order valence-electron chi connectivity index (χ2n) is 12.9. The average Bonchev–Trinajstić information content (AvgIpc) is 3.70. The number of ether oxygens (including phenoxy) is 1. The molecule has 0 saturated heterocycles. The van der Waals surface area contributed by atoms with E-state index in [1.165, 1.54) is 33.0 Å². The lowest BCUT2D eigenvalue weighted by atomic mass is 9.84. The average molecular weight is 618 g/mol. The summed E-state index contributed by atoms with van der Waals surface area (Å²) in [5.41, 5.74) is 9.69. The number of hydrogen-bond acceptors (Lipinski definition) is 3. The molecule has 2 atom stereocenters. The Balaban J connectivity index is 1.22. The van der Waals surface area contributed by atoms with Crippen LogP contribution in [-0.2, 0) is 0 Å². The van der Waals surface area contributed by atoms with Gasteiger partial charge in [0, 0.05) is 45.0 Å². The van der Waals surface area contributed by atoms with Gasteiger partial charge in [0.2, 0.25) is 0 Å². The summed E-state index contributed by atoms with van der Waals surface area (Å²) in [4.78, 5) is 2.36. The van der Waals surface area contributed by atoms with E-state index in [2.05, 4.69) is 170 Å². The van der Waals surface area contributed by atoms with Crippen LogP contribution in [0.25, 0.3) is 49.1 Å². The lowest BCUT2D eigenvalue weighted by Crippen LogP contribution is -2.21. The van der Waals surface area contributed by atoms with Gasteiger partial charge >= 0.3 is 0 Å². The smallest absolute Gasteiger partial charge is 0.148 e. The Morgan fingerprint density at radius 1 is 0.604 bits per heavy atom. The molecule has 7 aromatic carbocycles. The summed E-state index contributed by atoms with van der Waals surface area (Å²) in [6.45, 7) is 2.13. The fraction of sp³-hybridized carbons (Fsp3) is 0.0667. The van der Waals surface area contributed by atoms with Gasteiger partial charge in [0.05, 0.1) is 11.4 Å². The number of nitrogens with zero attached hydrogens (tertiary/aromatic N) is 1. The molecule has 0 radical (unpaired) electrons. The highest BCUT2D eigenvalue weighted by molar-refractivity contribution is 6.24. The van der Waals surface area contributed by atoms with E-state index in [9.17, 15) is 0 Å². The first-order chi connectivity index (χ1) is 23.7. The Morgan fingerprint density at radius 3 is 2.19 bits per heavy atom. The number of hydrogen-bond donors (Lipinski definition) is 0. The highest BCUT2D eigenvalue weighted by Gasteiger charge is 2.39. The molecule has 3 heteroatoms. The van der Waals surface area contributed by atoms with E-state index >= 15 is 0 Å². The van der Waals surface area contributed by atoms with Crippen molar-refractivity contribution in [1.29, 1.82) is 0 Å². The molecular weight excluding hydrogens is 587 g/mol. The molecule has 8 aromatic rings. The third-order valence-electron chi connectivity index (χ3n) is 10.1. The van der Waals surface area contributed by atoms with Crippen LogP contribution in [0.15, 0.2) is 162 Å². The summed E-state index contributed by atoms with van der Waals surface area (Å²) in [7, 11) is 0. The molecule has 0 amide bonds. The normalized spacial score (nSPS) is 16.6. The van der Waals surface area contributed by atoms with Crippen molar-refractivity contribution in [2.75, 3.05) is 4.90 Å². The minimum atomic E-state index is -0.0999. The van der Waals surface area contributed by atoms with E-state index in [0.29, 0.717) is 0 Å². The Labute approximate surface area is 278 Å². The molecular formula is C45H31NO2. The predicted octanol–water partition coefficient (Wildman–Crippen LogP) is 12.2. The van der Waals surface area contributed by atoms with Gasteiger partial charge in [0.15, 0.2) is 0 Å². The van der Waals surface area contributed by atoms with Gasteiger partial charge in [-0.15, -0.1) is 0 Å². The van der Waals surface area contributed by atoms with Gasteiger partial charge in [-0.1, -0.05) is 127 Å². The largest absolute Gasteiger partial charge is 0.482 e. The number of benzene rings is 7. The van der Waals surface area contributed by atoms with Gasteiger partial charge in [-0.05, 0) is 59.0 Å². The molecule has 1 aliphatic carbocycles. The van der Waals surface area contributed by atoms with Crippen LogP contribution in [0.4, 0.5) is 17.1 Å². The molecule has 0 spiro atoms. The third kappa shape index (κ3) is 4.07. The highest BCUT2D eigenvalue weighted by Crippen LogP contribution is 2.54. The molecule has 1 aliphatic heterocycles. The quantitative estimate of drug-likeness (QED) is 0.196. The Morgan fingerprint density at radius 2 is 1.35 bits per heavy atom. The number of aryl methyl sites for hydroxylation is 1. The Bertz CT molecular complexity index is 2610. The first-order valence-corrected chi connectivity index (χ1v) is 16.6. The molecule has 0 N–H and O–H groups in total. The number of fused-ring (bicyclic) bond motifs is 9. The van der Waals surface area contributed by atoms with E-state index in [1.807, 2.05) is 0 Å². The van der Waals surface area contributed by atoms with Crippen molar-refractivity contribution in [2.45, 2.75) is 18.9 Å². The fourth-order valence-corrected chi connectivity index (χ4v) is 7.79. The third-order valence-corrected chi connectivity index (χ3v) is 10.1. The summed E-state index contributed by atoms with van der Waals surface area (Å²) in [6.07, 6.45) is 6.56. The van der Waals surface area contributed by atoms with Crippen LogP contribution in [0.5, 0.6) is 5.75 Å². The summed E-state index contributed by atoms with van der Waals surface area (Å²) in [5.74, 6) is 1.05. The molecule has 1 aromatic heterocycles. The molecule has 0 saturated carbocycles. The van der Waals surface area contributed by atoms with E-state index in [0.717, 1.165) is 55.5 Å². The molecule has 0 fully saturated rings. The number of allylic oxidation sites excluding steroid dienone is 2. The van der Waals surface area contributed by atoms with Gasteiger partial charge in [-0.25, -0.2) is 0 Å². The maximum atomic E-state index is 7.06. The zero-order valence-electron chi connectivity index (χ0n) is 26.4. The van der Waals surface area contributed by atoms with E-state index < -0.39 is 0 Å². The van der Waals surface area contributed by atoms with Crippen LogP contribution in [-0.4, -0.2) is 6.10 Å². The molecule has 48 heavy (non-hydrogen) atoms. The van der Waals surface area contributed by atoms with E-state index in [-0.39, 0.29) is 12.0 Å². The van der Waals surface area contributed by atoms with Crippen molar-refractivity contribution in [1.82, 2.24) is 0 Å². The molecule has 2 unspecified atom stereocenters. The first kappa shape index (κ1) is 27.1. The van der Waals surface area contributed by atoms with Crippen molar-refractivity contribution in [3.8, 4) is 5.75 Å². The number of furan rings is 1. The van der Waals surface area contributed by atoms with Gasteiger partial charge in [-0.2, -0.15) is 0 Å². The molecule has 0 bridgehead atoms. The number of para-hydroxylation sites is 1. The highest BCUT2D eigenvalue weighted by atomic mass is 16.5. The maximum Gasteiger partial charge on any atom is 0.148 e. The lowest BCUT2D eigenvalue weighted by Gasteiger charge is -2.29. The Hall–Kier alpha value is -6.06. The fourth-order valence-electron chi connectivity index (χ4n) is 7.79. The molecule has 2 aliphatic rings. The van der Waals surface area contributed by atoms with Crippen LogP contribution < -0.4 is 9.64 Å². The van der Waals surface area contributed by atoms with Crippen molar-refractivity contribution >= 4 is 66.1 Å². The van der Waals surface area contributed by atoms with Gasteiger partial charge in [0.25, 0.3) is 0 Å². The van der Waals surface area contributed by atoms with Gasteiger partial charge < -0.3 is 14.1 Å². The second kappa shape index (κ2) is 10.5. The predicted molar refractivity (Wildman–Crippen MR) is 199 cm³/mol. The summed E-state index contributed by atoms with van der Waals surface area (Å²) < 4.78 is 13.8. The summed E-state index contributed by atoms with van der Waals surface area (Å²) in [5, 5.41) is 6.97. The number of rotatable bonds is 4. The first-order valence-electron chi connectivity index (χ1n) is 16.6. The van der Waals surface area contributed by atoms with Crippen molar-refractivity contribution in [3.63, 3.8) is 0 Å². The van der Waals surface area contributed by atoms with Gasteiger partial charge in [-0.3, -0.25) is 0 Å². The standard InChI is InChI=1S/C45H31NO2/c1-28-21-23-32(24-22-28)46(39-20-10-19-37-36-18-9-17-33(44(36)48-45(37)39)29-11-3-2-4-12-29)40-27-42-43(35-16-8-7-15-34(35)40)38-25-30-13-5-6-14-31(30)26-41(38)47-42/h2-27,36,44H,1H3. The SMILES string of the molecule is Cc1ccc(N(c2cccc3c2OC2C(c4ccccc4)=CC=CC32)c2cc3oc4cc5ccccc5cc4c3c3ccccc23)cc1. The zero-order valence-corrected chi connectivity index (χ0v) is 26.4. The van der Waals surface area contributed by atoms with Crippen LogP contribution in [0, 0.1) is 6.92 Å². The minimum absolute atomic E-state index is 0.0999. The van der Waals surface area contributed by atoms with E-state index in [1.54, 1.807) is 0 Å². The van der Waals surface area contributed by atoms with Crippen LogP contribution in [0.2, 0.25) is 0 Å². The molecule has 2 heterocycles. The zero-order chi connectivity index (χ0) is 31.8. The second-order valence-corrected chi connectivity index (χ2v) is 12.9. The lowest BCUT2D eigenvalue weighted by molar-refractivity contribution is 0.279. The number of anilines is 3. The van der Waals surface area contributed by atoms with Gasteiger partial charge in [0.1, 0.15) is 23.0 Å². The van der Waals surface area contributed by atoms with Crippen LogP contribution in [0.1, 0.15) is 22.6 Å². The summed E-state index contributed by atoms with van der Waals surface area (Å²) in [6, 6.07) is 49.8. The molecule has 228 valence electrons. The van der Waals surface area contributed by atoms with Crippen molar-refractivity contribution in [2.24, 2.45) is 0 Å². The van der Waals surface area contributed by atoms with Crippen LogP contribution >= 0.6 is 0 Å². The molecule has 3 nitrogen and oxygen atoms in total. The monoisotopic (exact) mass is 617 g/mol. The van der Waals surface area contributed by atoms with Crippen LogP contribution in [0.3, 0.4) is 0 Å².